The summed E-state index contributed by atoms with van der Waals surface area (Å²) >= 11 is 0. The molecule has 1 aliphatic heterocycles. The fourth-order valence-corrected chi connectivity index (χ4v) is 12.1. The van der Waals surface area contributed by atoms with E-state index in [4.69, 9.17) is 4.74 Å². The highest BCUT2D eigenvalue weighted by molar-refractivity contribution is 6.10. The largest absolute Gasteiger partial charge is 0.457 e. The van der Waals surface area contributed by atoms with Crippen molar-refractivity contribution in [3.8, 4) is 50.6 Å². The molecule has 0 unspecified atom stereocenters. The minimum atomic E-state index is -0.556. The van der Waals surface area contributed by atoms with Gasteiger partial charge in [-0.25, -0.2) is 0 Å². The van der Waals surface area contributed by atoms with Crippen LogP contribution in [0.25, 0.3) is 60.9 Å². The van der Waals surface area contributed by atoms with Gasteiger partial charge in [0.2, 0.25) is 0 Å². The van der Waals surface area contributed by atoms with Crippen LogP contribution in [0.1, 0.15) is 47.2 Å². The minimum Gasteiger partial charge on any atom is -0.457 e. The molecule has 67 heavy (non-hydrogen) atoms. The Morgan fingerprint density at radius 1 is 0.358 bits per heavy atom. The van der Waals surface area contributed by atoms with E-state index in [1.807, 2.05) is 0 Å². The van der Waals surface area contributed by atoms with E-state index in [0.717, 1.165) is 56.2 Å². The number of rotatable bonds is 5. The number of fused-ring (bicyclic) bond motifs is 15. The SMILES string of the molecule is CC1(C)c2ccccc2-c2ccc(N(c3ccc(-c4ccccc4)cc3)c3ccc(-n4c5ccccc5c5cc6c(cc54)C4(c5ccccc5O6)c5ccccc5-c5ccccc54)cc3)cc21. The fraction of sp³-hybridized carbons (Fsp3) is 0.0625. The molecular formula is C64H44N2O. The monoisotopic (exact) mass is 856 g/mol. The molecule has 0 N–H and O–H groups in total. The van der Waals surface area contributed by atoms with Crippen LogP contribution in [0.15, 0.2) is 231 Å². The third kappa shape index (κ3) is 5.28. The van der Waals surface area contributed by atoms with E-state index >= 15 is 0 Å². The highest BCUT2D eigenvalue weighted by Crippen LogP contribution is 2.63. The summed E-state index contributed by atoms with van der Waals surface area (Å²) < 4.78 is 9.42. The summed E-state index contributed by atoms with van der Waals surface area (Å²) in [5.74, 6) is 1.79. The van der Waals surface area contributed by atoms with Crippen LogP contribution in [0, 0.1) is 0 Å². The van der Waals surface area contributed by atoms with Crippen molar-refractivity contribution in [3.63, 3.8) is 0 Å². The van der Waals surface area contributed by atoms with E-state index in [2.05, 4.69) is 254 Å². The first-order valence-corrected chi connectivity index (χ1v) is 23.3. The lowest BCUT2D eigenvalue weighted by atomic mass is 9.66. The Morgan fingerprint density at radius 3 is 1.61 bits per heavy atom. The Labute approximate surface area is 390 Å². The topological polar surface area (TPSA) is 17.4 Å². The average Bonchev–Trinajstić information content (AvgIpc) is 3.95. The summed E-state index contributed by atoms with van der Waals surface area (Å²) in [6.07, 6.45) is 0. The summed E-state index contributed by atoms with van der Waals surface area (Å²) in [4.78, 5) is 2.41. The lowest BCUT2D eigenvalue weighted by Crippen LogP contribution is -2.32. The standard InChI is InChI=1S/C64H44N2O/c1-63(2)53-22-10-6-18-47(53)50-37-36-46(38-57(50)63)65(43-30-28-42(29-31-43)41-16-4-3-5-17-41)44-32-34-45(35-33-44)66-59-26-14-9-21-51(59)52-39-62-58(40-60(52)66)64(56-25-13-15-27-61(56)67-62)54-23-11-7-19-48(54)49-20-8-12-24-55(49)64/h3-40H,1-2H3. The van der Waals surface area contributed by atoms with Crippen LogP contribution in [-0.2, 0) is 10.8 Å². The molecule has 14 rings (SSSR count). The highest BCUT2D eigenvalue weighted by Gasteiger charge is 2.51. The molecule has 2 aliphatic carbocycles. The number of nitrogens with zero attached hydrogens (tertiary/aromatic N) is 2. The number of ether oxygens (including phenoxy) is 1. The predicted octanol–water partition coefficient (Wildman–Crippen LogP) is 16.7. The molecule has 0 radical (unpaired) electrons. The number of para-hydroxylation sites is 2. The van der Waals surface area contributed by atoms with Crippen LogP contribution in [0.3, 0.4) is 0 Å². The average molecular weight is 857 g/mol. The molecule has 0 fully saturated rings. The van der Waals surface area contributed by atoms with Gasteiger partial charge in [0, 0.05) is 50.1 Å². The van der Waals surface area contributed by atoms with Gasteiger partial charge in [0.15, 0.2) is 0 Å². The van der Waals surface area contributed by atoms with Gasteiger partial charge in [-0.2, -0.15) is 0 Å². The smallest absolute Gasteiger partial charge is 0.133 e. The predicted molar refractivity (Wildman–Crippen MR) is 276 cm³/mol. The third-order valence-electron chi connectivity index (χ3n) is 15.1. The van der Waals surface area contributed by atoms with E-state index in [1.54, 1.807) is 0 Å². The van der Waals surface area contributed by atoms with E-state index in [-0.39, 0.29) is 5.41 Å². The Morgan fingerprint density at radius 2 is 0.896 bits per heavy atom. The number of hydrogen-bond acceptors (Lipinski definition) is 2. The molecule has 11 aromatic rings. The Kier molecular flexibility index (Phi) is 7.95. The maximum absolute atomic E-state index is 6.97. The maximum atomic E-state index is 6.97. The number of aromatic nitrogens is 1. The van der Waals surface area contributed by atoms with Crippen molar-refractivity contribution >= 4 is 38.9 Å². The van der Waals surface area contributed by atoms with Gasteiger partial charge in [0.1, 0.15) is 11.5 Å². The zero-order valence-electron chi connectivity index (χ0n) is 37.2. The fourth-order valence-electron chi connectivity index (χ4n) is 12.1. The van der Waals surface area contributed by atoms with Crippen molar-refractivity contribution in [2.24, 2.45) is 0 Å². The molecule has 3 aliphatic rings. The van der Waals surface area contributed by atoms with E-state index in [9.17, 15) is 0 Å². The molecule has 316 valence electrons. The first-order valence-electron chi connectivity index (χ1n) is 23.3. The second-order valence-corrected chi connectivity index (χ2v) is 18.8. The second kappa shape index (κ2) is 14.1. The Balaban J connectivity index is 0.952. The quantitative estimate of drug-likeness (QED) is 0.172. The molecule has 0 saturated carbocycles. The molecule has 0 amide bonds. The van der Waals surface area contributed by atoms with E-state index < -0.39 is 5.41 Å². The lowest BCUT2D eigenvalue weighted by molar-refractivity contribution is 0.437. The van der Waals surface area contributed by atoms with Crippen molar-refractivity contribution in [3.05, 3.63) is 264 Å². The third-order valence-corrected chi connectivity index (χ3v) is 15.1. The summed E-state index contributed by atoms with van der Waals surface area (Å²) in [5.41, 5.74) is 21.2. The summed E-state index contributed by atoms with van der Waals surface area (Å²) in [6.45, 7) is 4.71. The van der Waals surface area contributed by atoms with Gasteiger partial charge in [0.05, 0.1) is 16.4 Å². The van der Waals surface area contributed by atoms with E-state index in [1.165, 1.54) is 66.6 Å². The molecule has 3 heteroatoms. The van der Waals surface area contributed by atoms with Crippen LogP contribution in [0.4, 0.5) is 17.1 Å². The molecule has 0 atom stereocenters. The molecule has 0 bridgehead atoms. The summed E-state index contributed by atoms with van der Waals surface area (Å²) in [7, 11) is 0. The molecule has 0 saturated heterocycles. The van der Waals surface area contributed by atoms with Crippen molar-refractivity contribution in [2.75, 3.05) is 4.90 Å². The Hall–Kier alpha value is -8.40. The maximum Gasteiger partial charge on any atom is 0.133 e. The molecule has 2 heterocycles. The van der Waals surface area contributed by atoms with E-state index in [0.29, 0.717) is 0 Å². The lowest BCUT2D eigenvalue weighted by Gasteiger charge is -2.39. The first-order chi connectivity index (χ1) is 33.0. The normalized spacial score (nSPS) is 14.2. The van der Waals surface area contributed by atoms with Crippen molar-refractivity contribution in [1.82, 2.24) is 4.57 Å². The first kappa shape index (κ1) is 37.9. The molecule has 3 nitrogen and oxygen atoms in total. The highest BCUT2D eigenvalue weighted by atomic mass is 16.5. The molecule has 10 aromatic carbocycles. The van der Waals surface area contributed by atoms with Gasteiger partial charge in [-0.15, -0.1) is 0 Å². The van der Waals surface area contributed by atoms with Crippen LogP contribution in [-0.4, -0.2) is 4.57 Å². The summed E-state index contributed by atoms with van der Waals surface area (Å²) in [6, 6.07) is 84.7. The van der Waals surface area contributed by atoms with Gasteiger partial charge in [0.25, 0.3) is 0 Å². The van der Waals surface area contributed by atoms with Crippen LogP contribution >= 0.6 is 0 Å². The van der Waals surface area contributed by atoms with Crippen molar-refractivity contribution in [1.29, 1.82) is 0 Å². The van der Waals surface area contributed by atoms with Crippen LogP contribution < -0.4 is 9.64 Å². The van der Waals surface area contributed by atoms with Gasteiger partial charge in [-0.1, -0.05) is 172 Å². The zero-order chi connectivity index (χ0) is 44.4. The van der Waals surface area contributed by atoms with Gasteiger partial charge < -0.3 is 14.2 Å². The zero-order valence-corrected chi connectivity index (χ0v) is 37.2. The van der Waals surface area contributed by atoms with Crippen LogP contribution in [0.5, 0.6) is 11.5 Å². The summed E-state index contributed by atoms with van der Waals surface area (Å²) in [5, 5.41) is 2.35. The number of benzene rings is 10. The minimum absolute atomic E-state index is 0.126. The van der Waals surface area contributed by atoms with Crippen LogP contribution in [0.2, 0.25) is 0 Å². The molecular weight excluding hydrogens is 813 g/mol. The van der Waals surface area contributed by atoms with Gasteiger partial charge in [-0.05, 0) is 128 Å². The molecule has 1 aromatic heterocycles. The number of hydrogen-bond donors (Lipinski definition) is 0. The van der Waals surface area contributed by atoms with Crippen molar-refractivity contribution in [2.45, 2.75) is 24.7 Å². The van der Waals surface area contributed by atoms with Gasteiger partial charge in [-0.3, -0.25) is 0 Å². The Bertz CT molecular complexity index is 3760. The van der Waals surface area contributed by atoms with Gasteiger partial charge >= 0.3 is 0 Å². The number of anilines is 3. The second-order valence-electron chi connectivity index (χ2n) is 18.8. The molecule has 1 spiro atoms. The van der Waals surface area contributed by atoms with Crippen molar-refractivity contribution < 1.29 is 4.74 Å².